The molecular weight excluding hydrogens is 408 g/mol. The third-order valence-corrected chi connectivity index (χ3v) is 6.68. The highest BCUT2D eigenvalue weighted by molar-refractivity contribution is 8.15. The lowest BCUT2D eigenvalue weighted by molar-refractivity contribution is -0.125. The average molecular weight is 435 g/mol. The van der Waals surface area contributed by atoms with Crippen LogP contribution in [0.1, 0.15) is 38.3 Å². The summed E-state index contributed by atoms with van der Waals surface area (Å²) in [4.78, 5) is 37.2. The first kappa shape index (κ1) is 21.3. The molecule has 7 heteroatoms. The van der Waals surface area contributed by atoms with Crippen LogP contribution in [0.3, 0.4) is 0 Å². The highest BCUT2D eigenvalue weighted by atomic mass is 32.2. The number of thioether (sulfide) groups is 1. The van der Waals surface area contributed by atoms with E-state index in [1.165, 1.54) is 11.8 Å². The van der Waals surface area contributed by atoms with Crippen molar-refractivity contribution in [1.82, 2.24) is 4.90 Å². The fraction of sp³-hybridized carbons (Fsp3) is 0.333. The summed E-state index contributed by atoms with van der Waals surface area (Å²) in [5, 5.41) is 3.10. The molecule has 2 aliphatic heterocycles. The predicted molar refractivity (Wildman–Crippen MR) is 127 cm³/mol. The Kier molecular flexibility index (Phi) is 5.96. The zero-order valence-corrected chi connectivity index (χ0v) is 18.9. The molecule has 0 saturated heterocycles. The monoisotopic (exact) mass is 434 g/mol. The summed E-state index contributed by atoms with van der Waals surface area (Å²) < 4.78 is 0. The molecule has 0 aromatic heterocycles. The largest absolute Gasteiger partial charge is 0.325 e. The van der Waals surface area contributed by atoms with Gasteiger partial charge in [0.25, 0.3) is 5.91 Å². The maximum Gasteiger partial charge on any atom is 0.259 e. The molecular formula is C24H26N4O2S. The first-order valence-electron chi connectivity index (χ1n) is 10.5. The Hall–Kier alpha value is -2.93. The summed E-state index contributed by atoms with van der Waals surface area (Å²) >= 11 is 1.32. The van der Waals surface area contributed by atoms with Crippen LogP contribution in [0.25, 0.3) is 0 Å². The smallest absolute Gasteiger partial charge is 0.259 e. The topological polar surface area (TPSA) is 74.1 Å². The number of carbonyl (C=O) groups excluding carboxylic acids is 2. The summed E-state index contributed by atoms with van der Waals surface area (Å²) in [6.45, 7) is 7.95. The highest BCUT2D eigenvalue weighted by Gasteiger charge is 2.43. The van der Waals surface area contributed by atoms with E-state index < -0.39 is 11.3 Å². The highest BCUT2D eigenvalue weighted by Crippen LogP contribution is 2.36. The lowest BCUT2D eigenvalue weighted by atomic mass is 10.1. The maximum atomic E-state index is 13.2. The fourth-order valence-corrected chi connectivity index (χ4v) is 4.61. The third-order valence-electron chi connectivity index (χ3n) is 5.36. The second-order valence-electron chi connectivity index (χ2n) is 8.10. The van der Waals surface area contributed by atoms with Gasteiger partial charge in [-0.25, -0.2) is 9.89 Å². The number of hydrogen-bond donors (Lipinski definition) is 1. The fourth-order valence-electron chi connectivity index (χ4n) is 3.59. The van der Waals surface area contributed by atoms with Crippen LogP contribution in [0.15, 0.2) is 58.5 Å². The van der Waals surface area contributed by atoms with Crippen molar-refractivity contribution in [2.45, 2.75) is 45.4 Å². The van der Waals surface area contributed by atoms with Gasteiger partial charge in [-0.3, -0.25) is 14.6 Å². The number of fused-ring (bicyclic) bond motifs is 3. The molecule has 0 spiro atoms. The number of amidine groups is 2. The van der Waals surface area contributed by atoms with Crippen molar-refractivity contribution in [1.29, 1.82) is 0 Å². The molecule has 0 unspecified atom stereocenters. The molecule has 4 rings (SSSR count). The first-order valence-corrected chi connectivity index (χ1v) is 11.4. The Bertz CT molecular complexity index is 1080. The Morgan fingerprint density at radius 3 is 2.55 bits per heavy atom. The second-order valence-corrected chi connectivity index (χ2v) is 9.27. The van der Waals surface area contributed by atoms with E-state index in [1.807, 2.05) is 76.2 Å². The number of hydrogen-bond acceptors (Lipinski definition) is 5. The number of benzene rings is 2. The van der Waals surface area contributed by atoms with E-state index in [-0.39, 0.29) is 17.7 Å². The van der Waals surface area contributed by atoms with Crippen molar-refractivity contribution in [3.05, 3.63) is 59.7 Å². The van der Waals surface area contributed by atoms with Crippen molar-refractivity contribution >= 4 is 46.0 Å². The third kappa shape index (κ3) is 4.14. The predicted octanol–water partition coefficient (Wildman–Crippen LogP) is 4.76. The normalized spacial score (nSPS) is 18.3. The van der Waals surface area contributed by atoms with Gasteiger partial charge in [-0.1, -0.05) is 62.4 Å². The SMILES string of the molecule is CC[C@H](SC1=Nc2ccccc2C2=N[C@H](C(C)C)C(=O)N12)C(=O)Nc1ccc(C)cc1. The number of para-hydroxylation sites is 1. The van der Waals surface area contributed by atoms with E-state index in [9.17, 15) is 9.59 Å². The number of nitrogens with one attached hydrogen (secondary N) is 1. The number of aliphatic imine (C=N–C) groups is 2. The summed E-state index contributed by atoms with van der Waals surface area (Å²) in [6, 6.07) is 15.0. The van der Waals surface area contributed by atoms with E-state index in [1.54, 1.807) is 4.90 Å². The van der Waals surface area contributed by atoms with E-state index in [2.05, 4.69) is 5.32 Å². The lowest BCUT2D eigenvalue weighted by Crippen LogP contribution is -2.43. The quantitative estimate of drug-likeness (QED) is 0.737. The van der Waals surface area contributed by atoms with Crippen LogP contribution in [0.5, 0.6) is 0 Å². The van der Waals surface area contributed by atoms with Gasteiger partial charge in [0.05, 0.1) is 10.9 Å². The minimum absolute atomic E-state index is 0.0795. The van der Waals surface area contributed by atoms with Gasteiger partial charge < -0.3 is 5.32 Å². The summed E-state index contributed by atoms with van der Waals surface area (Å²) in [7, 11) is 0. The Labute approximate surface area is 186 Å². The second kappa shape index (κ2) is 8.67. The number of anilines is 1. The molecule has 0 bridgehead atoms. The van der Waals surface area contributed by atoms with Gasteiger partial charge in [-0.2, -0.15) is 0 Å². The molecule has 2 aromatic rings. The van der Waals surface area contributed by atoms with Gasteiger partial charge in [0.1, 0.15) is 11.9 Å². The van der Waals surface area contributed by atoms with Crippen LogP contribution in [-0.4, -0.2) is 39.0 Å². The van der Waals surface area contributed by atoms with Crippen molar-refractivity contribution in [2.24, 2.45) is 15.9 Å². The van der Waals surface area contributed by atoms with Crippen molar-refractivity contribution in [3.8, 4) is 0 Å². The van der Waals surface area contributed by atoms with Crippen LogP contribution >= 0.6 is 11.8 Å². The van der Waals surface area contributed by atoms with Gasteiger partial charge in [-0.15, -0.1) is 0 Å². The molecule has 0 fully saturated rings. The molecule has 31 heavy (non-hydrogen) atoms. The molecule has 2 amide bonds. The number of carbonyl (C=O) groups is 2. The average Bonchev–Trinajstić information content (AvgIpc) is 3.11. The Balaban J connectivity index is 1.62. The van der Waals surface area contributed by atoms with Crippen LogP contribution in [0.2, 0.25) is 0 Å². The van der Waals surface area contributed by atoms with Crippen LogP contribution in [0, 0.1) is 12.8 Å². The molecule has 6 nitrogen and oxygen atoms in total. The lowest BCUT2D eigenvalue weighted by Gasteiger charge is -2.27. The molecule has 0 aliphatic carbocycles. The number of amides is 2. The van der Waals surface area contributed by atoms with Crippen molar-refractivity contribution in [3.63, 3.8) is 0 Å². The number of rotatable bonds is 5. The van der Waals surface area contributed by atoms with Gasteiger partial charge in [-0.05, 0) is 43.5 Å². The van der Waals surface area contributed by atoms with Gasteiger partial charge in [0.2, 0.25) is 5.91 Å². The zero-order valence-electron chi connectivity index (χ0n) is 18.1. The van der Waals surface area contributed by atoms with Crippen molar-refractivity contribution < 1.29 is 9.59 Å². The van der Waals surface area contributed by atoms with Crippen LogP contribution in [0.4, 0.5) is 11.4 Å². The first-order chi connectivity index (χ1) is 14.9. The number of nitrogens with zero attached hydrogens (tertiary/aromatic N) is 3. The van der Waals surface area contributed by atoms with E-state index in [0.29, 0.717) is 17.4 Å². The zero-order chi connectivity index (χ0) is 22.1. The minimum Gasteiger partial charge on any atom is -0.325 e. The molecule has 2 atom stereocenters. The molecule has 2 aromatic carbocycles. The van der Waals surface area contributed by atoms with E-state index in [0.717, 1.165) is 22.5 Å². The Morgan fingerprint density at radius 2 is 1.87 bits per heavy atom. The maximum absolute atomic E-state index is 13.2. The molecule has 0 radical (unpaired) electrons. The standard InChI is InChI=1S/C24H26N4O2S/c1-5-19(22(29)25-16-12-10-15(4)11-13-16)31-24-26-18-9-7-6-8-17(18)21-27-20(14(2)3)23(30)28(21)24/h6-14,19-20H,5H2,1-4H3,(H,25,29)/t19-,20+/m0/s1. The summed E-state index contributed by atoms with van der Waals surface area (Å²) in [5.41, 5.74) is 3.50. The van der Waals surface area contributed by atoms with Crippen molar-refractivity contribution in [2.75, 3.05) is 5.32 Å². The van der Waals surface area contributed by atoms with Gasteiger partial charge >= 0.3 is 0 Å². The van der Waals surface area contributed by atoms with Gasteiger partial charge in [0, 0.05) is 11.3 Å². The van der Waals surface area contributed by atoms with Gasteiger partial charge in [0.15, 0.2) is 5.17 Å². The van der Waals surface area contributed by atoms with Crippen LogP contribution in [-0.2, 0) is 9.59 Å². The van der Waals surface area contributed by atoms with Crippen LogP contribution < -0.4 is 5.32 Å². The summed E-state index contributed by atoms with van der Waals surface area (Å²) in [5.74, 6) is 0.518. The Morgan fingerprint density at radius 1 is 1.16 bits per heavy atom. The summed E-state index contributed by atoms with van der Waals surface area (Å²) in [6.07, 6.45) is 0.602. The van der Waals surface area contributed by atoms with E-state index >= 15 is 0 Å². The molecule has 160 valence electrons. The molecule has 0 saturated carbocycles. The number of aryl methyl sites for hydroxylation is 1. The molecule has 2 aliphatic rings. The molecule has 1 N–H and O–H groups in total. The van der Waals surface area contributed by atoms with E-state index in [4.69, 9.17) is 9.98 Å². The molecule has 2 heterocycles. The minimum atomic E-state index is -0.437.